The van der Waals surface area contributed by atoms with E-state index >= 15 is 0 Å². The number of amides is 1. The molecule has 0 N–H and O–H groups in total. The van der Waals surface area contributed by atoms with Crippen molar-refractivity contribution < 1.29 is 18.4 Å². The van der Waals surface area contributed by atoms with Gasteiger partial charge in [-0.15, -0.1) is 0 Å². The zero-order chi connectivity index (χ0) is 20.1. The number of nitrogens with zero attached hydrogens (tertiary/aromatic N) is 2. The SMILES string of the molecule is CC(C)CC(=O)N(Cc1cccc(F)c1)C[C@@H]1CC(c2ccc(F)cc2)=NO1. The number of carbonyl (C=O) groups is 1. The molecule has 2 aromatic rings. The van der Waals surface area contributed by atoms with Crippen LogP contribution < -0.4 is 0 Å². The van der Waals surface area contributed by atoms with Crippen LogP contribution >= 0.6 is 0 Å². The topological polar surface area (TPSA) is 41.9 Å². The monoisotopic (exact) mass is 386 g/mol. The van der Waals surface area contributed by atoms with Gasteiger partial charge in [0.1, 0.15) is 11.6 Å². The number of halogens is 2. The van der Waals surface area contributed by atoms with E-state index in [-0.39, 0.29) is 29.6 Å². The first-order valence-corrected chi connectivity index (χ1v) is 9.41. The van der Waals surface area contributed by atoms with E-state index in [1.165, 1.54) is 24.3 Å². The van der Waals surface area contributed by atoms with Crippen LogP contribution in [0.15, 0.2) is 53.7 Å². The Labute approximate surface area is 163 Å². The number of rotatable bonds is 7. The van der Waals surface area contributed by atoms with Crippen LogP contribution in [0.5, 0.6) is 0 Å². The Balaban J connectivity index is 1.67. The molecule has 1 atom stereocenters. The molecule has 0 bridgehead atoms. The molecule has 28 heavy (non-hydrogen) atoms. The van der Waals surface area contributed by atoms with Crippen LogP contribution in [-0.2, 0) is 16.2 Å². The van der Waals surface area contributed by atoms with Crippen molar-refractivity contribution in [3.8, 4) is 0 Å². The van der Waals surface area contributed by atoms with Gasteiger partial charge in [0.25, 0.3) is 0 Å². The van der Waals surface area contributed by atoms with E-state index in [4.69, 9.17) is 4.84 Å². The van der Waals surface area contributed by atoms with Crippen LogP contribution in [0.4, 0.5) is 8.78 Å². The number of hydrogen-bond donors (Lipinski definition) is 0. The van der Waals surface area contributed by atoms with Crippen LogP contribution in [-0.4, -0.2) is 29.2 Å². The highest BCUT2D eigenvalue weighted by Gasteiger charge is 2.27. The molecular weight excluding hydrogens is 362 g/mol. The third-order valence-corrected chi connectivity index (χ3v) is 4.53. The Hall–Kier alpha value is -2.76. The summed E-state index contributed by atoms with van der Waals surface area (Å²) in [6.45, 7) is 4.64. The molecule has 1 aliphatic heterocycles. The van der Waals surface area contributed by atoms with E-state index in [0.29, 0.717) is 25.9 Å². The van der Waals surface area contributed by atoms with Crippen LogP contribution in [0.25, 0.3) is 0 Å². The molecule has 1 amide bonds. The first kappa shape index (κ1) is 20.0. The largest absolute Gasteiger partial charge is 0.390 e. The van der Waals surface area contributed by atoms with Crippen molar-refractivity contribution >= 4 is 11.6 Å². The lowest BCUT2D eigenvalue weighted by atomic mass is 10.0. The van der Waals surface area contributed by atoms with Crippen molar-refractivity contribution in [1.82, 2.24) is 4.90 Å². The Morgan fingerprint density at radius 3 is 2.61 bits per heavy atom. The second-order valence-corrected chi connectivity index (χ2v) is 7.48. The highest BCUT2D eigenvalue weighted by atomic mass is 19.1. The van der Waals surface area contributed by atoms with Gasteiger partial charge in [-0.05, 0) is 41.3 Å². The average molecular weight is 386 g/mol. The van der Waals surface area contributed by atoms with Crippen LogP contribution in [0.3, 0.4) is 0 Å². The average Bonchev–Trinajstić information content (AvgIpc) is 3.10. The molecule has 0 fully saturated rings. The molecule has 0 radical (unpaired) electrons. The summed E-state index contributed by atoms with van der Waals surface area (Å²) >= 11 is 0. The summed E-state index contributed by atoms with van der Waals surface area (Å²) in [5.41, 5.74) is 2.26. The second kappa shape index (κ2) is 8.95. The highest BCUT2D eigenvalue weighted by molar-refractivity contribution is 6.01. The van der Waals surface area contributed by atoms with Crippen molar-refractivity contribution in [1.29, 1.82) is 0 Å². The van der Waals surface area contributed by atoms with Gasteiger partial charge in [0.05, 0.1) is 12.3 Å². The normalized spacial score (nSPS) is 16.0. The van der Waals surface area contributed by atoms with E-state index in [0.717, 1.165) is 16.8 Å². The fourth-order valence-corrected chi connectivity index (χ4v) is 3.17. The fraction of sp³-hybridized carbons (Fsp3) is 0.364. The minimum Gasteiger partial charge on any atom is -0.390 e. The molecule has 0 aliphatic carbocycles. The molecule has 4 nitrogen and oxygen atoms in total. The Morgan fingerprint density at radius 2 is 1.93 bits per heavy atom. The fourth-order valence-electron chi connectivity index (χ4n) is 3.17. The first-order valence-electron chi connectivity index (χ1n) is 9.41. The lowest BCUT2D eigenvalue weighted by Crippen LogP contribution is -2.37. The van der Waals surface area contributed by atoms with E-state index < -0.39 is 0 Å². The zero-order valence-electron chi connectivity index (χ0n) is 16.1. The lowest BCUT2D eigenvalue weighted by Gasteiger charge is -2.26. The van der Waals surface area contributed by atoms with Gasteiger partial charge in [-0.2, -0.15) is 0 Å². The van der Waals surface area contributed by atoms with Crippen molar-refractivity contribution in [2.75, 3.05) is 6.54 Å². The van der Waals surface area contributed by atoms with Crippen LogP contribution in [0.1, 0.15) is 37.8 Å². The van der Waals surface area contributed by atoms with Gasteiger partial charge in [-0.1, -0.05) is 43.3 Å². The summed E-state index contributed by atoms with van der Waals surface area (Å²) in [6, 6.07) is 12.3. The van der Waals surface area contributed by atoms with E-state index in [1.54, 1.807) is 29.2 Å². The minimum absolute atomic E-state index is 0.00177. The summed E-state index contributed by atoms with van der Waals surface area (Å²) < 4.78 is 26.6. The summed E-state index contributed by atoms with van der Waals surface area (Å²) in [7, 11) is 0. The van der Waals surface area contributed by atoms with E-state index in [1.807, 2.05) is 13.8 Å². The number of carbonyl (C=O) groups excluding carboxylic acids is 1. The van der Waals surface area contributed by atoms with Crippen LogP contribution in [0, 0.1) is 17.6 Å². The molecule has 1 heterocycles. The summed E-state index contributed by atoms with van der Waals surface area (Å²) in [6.07, 6.45) is 0.651. The number of oxime groups is 1. The maximum atomic E-state index is 13.5. The molecule has 2 aromatic carbocycles. The molecule has 0 saturated carbocycles. The highest BCUT2D eigenvalue weighted by Crippen LogP contribution is 2.20. The van der Waals surface area contributed by atoms with Crippen LogP contribution in [0.2, 0.25) is 0 Å². The predicted octanol–water partition coefficient (Wildman–Crippen LogP) is 4.53. The molecule has 0 aromatic heterocycles. The molecule has 0 spiro atoms. The van der Waals surface area contributed by atoms with Gasteiger partial charge in [-0.3, -0.25) is 4.79 Å². The molecular formula is C22H24F2N2O2. The van der Waals surface area contributed by atoms with Gasteiger partial charge < -0.3 is 9.74 Å². The second-order valence-electron chi connectivity index (χ2n) is 7.48. The molecule has 6 heteroatoms. The zero-order valence-corrected chi connectivity index (χ0v) is 16.1. The molecule has 0 saturated heterocycles. The first-order chi connectivity index (χ1) is 13.4. The van der Waals surface area contributed by atoms with E-state index in [2.05, 4.69) is 5.16 Å². The third-order valence-electron chi connectivity index (χ3n) is 4.53. The van der Waals surface area contributed by atoms with Crippen molar-refractivity contribution in [2.24, 2.45) is 11.1 Å². The van der Waals surface area contributed by atoms with Gasteiger partial charge in [-0.25, -0.2) is 8.78 Å². The minimum atomic E-state index is -0.326. The van der Waals surface area contributed by atoms with Gasteiger partial charge >= 0.3 is 0 Å². The van der Waals surface area contributed by atoms with Crippen molar-refractivity contribution in [3.05, 3.63) is 71.3 Å². The summed E-state index contributed by atoms with van der Waals surface area (Å²) in [5.74, 6) is -0.413. The molecule has 0 unspecified atom stereocenters. The lowest BCUT2D eigenvalue weighted by molar-refractivity contribution is -0.134. The van der Waals surface area contributed by atoms with Gasteiger partial charge in [0.15, 0.2) is 6.10 Å². The Morgan fingerprint density at radius 1 is 1.18 bits per heavy atom. The third kappa shape index (κ3) is 5.38. The molecule has 1 aliphatic rings. The predicted molar refractivity (Wildman–Crippen MR) is 104 cm³/mol. The van der Waals surface area contributed by atoms with Gasteiger partial charge in [0, 0.05) is 19.4 Å². The van der Waals surface area contributed by atoms with Crippen molar-refractivity contribution in [2.45, 2.75) is 39.3 Å². The summed E-state index contributed by atoms with van der Waals surface area (Å²) in [4.78, 5) is 19.9. The number of hydrogen-bond acceptors (Lipinski definition) is 3. The molecule has 148 valence electrons. The number of benzene rings is 2. The maximum absolute atomic E-state index is 13.5. The van der Waals surface area contributed by atoms with E-state index in [9.17, 15) is 13.6 Å². The Bertz CT molecular complexity index is 850. The quantitative estimate of drug-likeness (QED) is 0.701. The standard InChI is InChI=1S/C22H24F2N2O2/c1-15(2)10-22(27)26(13-16-4-3-5-19(24)11-16)14-20-12-21(25-28-20)17-6-8-18(23)9-7-17/h3-9,11,15,20H,10,12-14H2,1-2H3/t20-/m0/s1. The summed E-state index contributed by atoms with van der Waals surface area (Å²) in [5, 5.41) is 4.11. The smallest absolute Gasteiger partial charge is 0.223 e. The maximum Gasteiger partial charge on any atom is 0.223 e. The molecule has 3 rings (SSSR count). The van der Waals surface area contributed by atoms with Crippen molar-refractivity contribution in [3.63, 3.8) is 0 Å². The Kier molecular flexibility index (Phi) is 6.39. The van der Waals surface area contributed by atoms with Gasteiger partial charge in [0.2, 0.25) is 5.91 Å².